The highest BCUT2D eigenvalue weighted by Gasteiger charge is 2.36. The molecule has 1 aromatic carbocycles. The van der Waals surface area contributed by atoms with E-state index in [9.17, 15) is 18.0 Å². The van der Waals surface area contributed by atoms with Gasteiger partial charge in [-0.15, -0.1) is 23.7 Å². The molecule has 1 N–H and O–H groups in total. The van der Waals surface area contributed by atoms with E-state index >= 15 is 0 Å². The molecule has 0 spiro atoms. The molecule has 3 nitrogen and oxygen atoms in total. The van der Waals surface area contributed by atoms with Crippen molar-refractivity contribution >= 4 is 39.7 Å². The molecule has 25 heavy (non-hydrogen) atoms. The first-order chi connectivity index (χ1) is 11.4. The number of nitrogens with zero attached hydrogens (tertiary/aromatic N) is 1. The molecule has 3 aliphatic rings. The van der Waals surface area contributed by atoms with Crippen LogP contribution in [0.2, 0.25) is 0 Å². The summed E-state index contributed by atoms with van der Waals surface area (Å²) in [5, 5.41) is 3.50. The van der Waals surface area contributed by atoms with Crippen molar-refractivity contribution in [1.29, 1.82) is 0 Å². The number of alkyl halides is 3. The van der Waals surface area contributed by atoms with Gasteiger partial charge in [0.05, 0.1) is 10.4 Å². The zero-order chi connectivity index (χ0) is 16.9. The lowest BCUT2D eigenvalue weighted by atomic mass is 9.84. The molecule has 4 heterocycles. The standard InChI is InChI=1S/C17H17F3N2OS.ClH/c18-17(19,20)12-3-1-2-11-8-14(24-15(11)12)16(23)21-13-9-22-6-4-10(13)5-7-22;/h1-3,8,10,13H,4-7,9H2,(H,21,23);1H/t13-;/m0./s1. The largest absolute Gasteiger partial charge is 0.417 e. The highest BCUT2D eigenvalue weighted by Crippen LogP contribution is 2.38. The minimum Gasteiger partial charge on any atom is -0.347 e. The maximum absolute atomic E-state index is 13.1. The fourth-order valence-corrected chi connectivity index (χ4v) is 4.86. The van der Waals surface area contributed by atoms with Gasteiger partial charge in [0.15, 0.2) is 0 Å². The molecule has 8 heteroatoms. The Morgan fingerprint density at radius 2 is 1.96 bits per heavy atom. The number of amides is 1. The summed E-state index contributed by atoms with van der Waals surface area (Å²) in [6.45, 7) is 3.00. The number of carbonyl (C=O) groups is 1. The maximum Gasteiger partial charge on any atom is 0.417 e. The predicted molar refractivity (Wildman–Crippen MR) is 94.5 cm³/mol. The molecule has 3 aliphatic heterocycles. The first-order valence-corrected chi connectivity index (χ1v) is 8.86. The molecule has 0 radical (unpaired) electrons. The molecule has 136 valence electrons. The fourth-order valence-electron chi connectivity index (χ4n) is 3.77. The lowest BCUT2D eigenvalue weighted by molar-refractivity contribution is -0.136. The van der Waals surface area contributed by atoms with Gasteiger partial charge in [-0.05, 0) is 49.4 Å². The van der Waals surface area contributed by atoms with Gasteiger partial charge >= 0.3 is 6.18 Å². The van der Waals surface area contributed by atoms with Crippen molar-refractivity contribution in [2.24, 2.45) is 5.92 Å². The normalized spacial score (nSPS) is 25.6. The Morgan fingerprint density at radius 1 is 1.24 bits per heavy atom. The number of rotatable bonds is 2. The molecule has 3 fully saturated rings. The van der Waals surface area contributed by atoms with E-state index in [1.165, 1.54) is 6.07 Å². The molecule has 1 amide bonds. The third-order valence-corrected chi connectivity index (χ3v) is 6.23. The van der Waals surface area contributed by atoms with Crippen molar-refractivity contribution in [1.82, 2.24) is 10.2 Å². The summed E-state index contributed by atoms with van der Waals surface area (Å²) in [6, 6.07) is 5.73. The van der Waals surface area contributed by atoms with Gasteiger partial charge in [-0.2, -0.15) is 13.2 Å². The van der Waals surface area contributed by atoms with Gasteiger partial charge < -0.3 is 10.2 Å². The first-order valence-electron chi connectivity index (χ1n) is 8.05. The van der Waals surface area contributed by atoms with Crippen molar-refractivity contribution < 1.29 is 18.0 Å². The quantitative estimate of drug-likeness (QED) is 0.834. The number of hydrogen-bond donors (Lipinski definition) is 1. The Morgan fingerprint density at radius 3 is 2.56 bits per heavy atom. The third-order valence-electron chi connectivity index (χ3n) is 5.05. The van der Waals surface area contributed by atoms with E-state index in [0.29, 0.717) is 16.2 Å². The van der Waals surface area contributed by atoms with Crippen molar-refractivity contribution in [3.05, 3.63) is 34.7 Å². The van der Waals surface area contributed by atoms with Crippen LogP contribution < -0.4 is 5.32 Å². The van der Waals surface area contributed by atoms with Crippen LogP contribution in [0.25, 0.3) is 10.1 Å². The fraction of sp³-hybridized carbons (Fsp3) is 0.471. The minimum absolute atomic E-state index is 0. The number of benzene rings is 1. The number of nitrogens with one attached hydrogen (secondary N) is 1. The second kappa shape index (κ2) is 6.78. The van der Waals surface area contributed by atoms with E-state index in [4.69, 9.17) is 0 Å². The van der Waals surface area contributed by atoms with Crippen LogP contribution in [0.3, 0.4) is 0 Å². The van der Waals surface area contributed by atoms with E-state index < -0.39 is 11.7 Å². The van der Waals surface area contributed by atoms with Crippen LogP contribution in [0.5, 0.6) is 0 Å². The number of fused-ring (bicyclic) bond motifs is 4. The van der Waals surface area contributed by atoms with Crippen LogP contribution in [-0.2, 0) is 6.18 Å². The summed E-state index contributed by atoms with van der Waals surface area (Å²) in [5.74, 6) is 0.224. The smallest absolute Gasteiger partial charge is 0.347 e. The maximum atomic E-state index is 13.1. The van der Waals surface area contributed by atoms with Crippen molar-refractivity contribution in [2.45, 2.75) is 25.1 Å². The van der Waals surface area contributed by atoms with Gasteiger partial charge in [0.1, 0.15) is 0 Å². The minimum atomic E-state index is -4.41. The number of halogens is 4. The van der Waals surface area contributed by atoms with Crippen molar-refractivity contribution in [3.8, 4) is 0 Å². The van der Waals surface area contributed by atoms with Gasteiger partial charge in [-0.25, -0.2) is 0 Å². The van der Waals surface area contributed by atoms with Crippen LogP contribution >= 0.6 is 23.7 Å². The van der Waals surface area contributed by atoms with Crippen molar-refractivity contribution in [2.75, 3.05) is 19.6 Å². The Hall–Kier alpha value is -1.31. The van der Waals surface area contributed by atoms with Crippen LogP contribution in [0.4, 0.5) is 13.2 Å². The summed E-state index contributed by atoms with van der Waals surface area (Å²) in [4.78, 5) is 15.2. The number of hydrogen-bond acceptors (Lipinski definition) is 3. The van der Waals surface area contributed by atoms with E-state index in [0.717, 1.165) is 49.9 Å². The second-order valence-corrected chi connectivity index (χ2v) is 7.60. The van der Waals surface area contributed by atoms with Crippen LogP contribution in [-0.4, -0.2) is 36.5 Å². The molecule has 2 aromatic rings. The molecule has 2 bridgehead atoms. The van der Waals surface area contributed by atoms with Crippen LogP contribution in [0.15, 0.2) is 24.3 Å². The second-order valence-electron chi connectivity index (χ2n) is 6.55. The number of carbonyl (C=O) groups excluding carboxylic acids is 1. The lowest BCUT2D eigenvalue weighted by Crippen LogP contribution is -2.57. The Bertz CT molecular complexity index is 784. The van der Waals surface area contributed by atoms with Crippen LogP contribution in [0, 0.1) is 5.92 Å². The molecule has 0 saturated carbocycles. The summed E-state index contributed by atoms with van der Waals surface area (Å²) < 4.78 is 39.4. The SMILES string of the molecule is Cl.O=C(N[C@H]1CN2CCC1CC2)c1cc2cccc(C(F)(F)F)c2s1. The van der Waals surface area contributed by atoms with Crippen molar-refractivity contribution in [3.63, 3.8) is 0 Å². The Balaban J connectivity index is 0.00000182. The molecule has 3 saturated heterocycles. The summed E-state index contributed by atoms with van der Waals surface area (Å²) in [5.41, 5.74) is -0.674. The zero-order valence-corrected chi connectivity index (χ0v) is 14.9. The van der Waals surface area contributed by atoms with E-state index in [1.54, 1.807) is 12.1 Å². The molecule has 5 rings (SSSR count). The monoisotopic (exact) mass is 390 g/mol. The predicted octanol–water partition coefficient (Wildman–Crippen LogP) is 4.17. The lowest BCUT2D eigenvalue weighted by Gasteiger charge is -2.44. The highest BCUT2D eigenvalue weighted by molar-refractivity contribution is 7.21. The zero-order valence-electron chi connectivity index (χ0n) is 13.3. The average Bonchev–Trinajstić information content (AvgIpc) is 2.99. The highest BCUT2D eigenvalue weighted by atomic mass is 35.5. The molecule has 1 aromatic heterocycles. The summed E-state index contributed by atoms with van der Waals surface area (Å²) in [6.07, 6.45) is -2.25. The number of piperidine rings is 3. The Kier molecular flexibility index (Phi) is 5.01. The van der Waals surface area contributed by atoms with E-state index in [-0.39, 0.29) is 29.1 Å². The topological polar surface area (TPSA) is 32.3 Å². The summed E-state index contributed by atoms with van der Waals surface area (Å²) >= 11 is 0.922. The van der Waals surface area contributed by atoms with Crippen LogP contribution in [0.1, 0.15) is 28.1 Å². The molecular formula is C17H18ClF3N2OS. The molecule has 0 aliphatic carbocycles. The Labute approximate surface area is 153 Å². The van der Waals surface area contributed by atoms with Gasteiger partial charge in [-0.3, -0.25) is 4.79 Å². The number of thiophene rings is 1. The molecular weight excluding hydrogens is 373 g/mol. The van der Waals surface area contributed by atoms with Gasteiger partial charge in [0, 0.05) is 17.3 Å². The summed E-state index contributed by atoms with van der Waals surface area (Å²) in [7, 11) is 0. The molecule has 1 atom stereocenters. The van der Waals surface area contributed by atoms with E-state index in [2.05, 4.69) is 10.2 Å². The van der Waals surface area contributed by atoms with Gasteiger partial charge in [0.2, 0.25) is 0 Å². The van der Waals surface area contributed by atoms with Gasteiger partial charge in [-0.1, -0.05) is 12.1 Å². The van der Waals surface area contributed by atoms with Gasteiger partial charge in [0.25, 0.3) is 5.91 Å². The third kappa shape index (κ3) is 3.50. The first kappa shape index (κ1) is 18.5. The molecule has 0 unspecified atom stereocenters. The van der Waals surface area contributed by atoms with E-state index in [1.807, 2.05) is 0 Å². The average molecular weight is 391 g/mol.